The van der Waals surface area contributed by atoms with Crippen molar-refractivity contribution in [1.29, 1.82) is 0 Å². The second kappa shape index (κ2) is 4.95. The van der Waals surface area contributed by atoms with E-state index in [1.54, 1.807) is 11.3 Å². The predicted molar refractivity (Wildman–Crippen MR) is 74.4 cm³/mol. The lowest BCUT2D eigenvalue weighted by atomic mass is 9.89. The lowest BCUT2D eigenvalue weighted by Crippen LogP contribution is -2.33. The SMILES string of the molecule is CCOC1CC(n2c(-c3cccs3)n[nH]c2=S)C1. The molecular formula is C12H15N3OS2. The molecule has 0 saturated heterocycles. The van der Waals surface area contributed by atoms with Crippen LogP contribution in [0.2, 0.25) is 0 Å². The molecular weight excluding hydrogens is 266 g/mol. The van der Waals surface area contributed by atoms with Gasteiger partial charge in [-0.05, 0) is 43.4 Å². The number of H-pyrrole nitrogens is 1. The van der Waals surface area contributed by atoms with Gasteiger partial charge in [0.05, 0.1) is 11.0 Å². The minimum absolute atomic E-state index is 0.382. The largest absolute Gasteiger partial charge is 0.378 e. The van der Waals surface area contributed by atoms with Gasteiger partial charge in [0.25, 0.3) is 0 Å². The van der Waals surface area contributed by atoms with E-state index in [1.807, 2.05) is 13.0 Å². The number of hydrogen-bond donors (Lipinski definition) is 1. The Morgan fingerprint density at radius 3 is 3.11 bits per heavy atom. The van der Waals surface area contributed by atoms with Crippen LogP contribution in [0.25, 0.3) is 10.7 Å². The van der Waals surface area contributed by atoms with Crippen molar-refractivity contribution in [2.24, 2.45) is 0 Å². The van der Waals surface area contributed by atoms with Crippen LogP contribution in [0, 0.1) is 4.77 Å². The molecule has 0 atom stereocenters. The summed E-state index contributed by atoms with van der Waals surface area (Å²) in [4.78, 5) is 1.15. The highest BCUT2D eigenvalue weighted by atomic mass is 32.1. The van der Waals surface area contributed by atoms with Crippen molar-refractivity contribution in [2.45, 2.75) is 31.9 Å². The van der Waals surface area contributed by atoms with Crippen molar-refractivity contribution in [3.05, 3.63) is 22.3 Å². The third-order valence-corrected chi connectivity index (χ3v) is 4.44. The van der Waals surface area contributed by atoms with Gasteiger partial charge in [0.15, 0.2) is 10.6 Å². The average molecular weight is 281 g/mol. The highest BCUT2D eigenvalue weighted by Gasteiger charge is 2.33. The van der Waals surface area contributed by atoms with Gasteiger partial charge in [-0.25, -0.2) is 0 Å². The van der Waals surface area contributed by atoms with Gasteiger partial charge in [-0.1, -0.05) is 6.07 Å². The highest BCUT2D eigenvalue weighted by molar-refractivity contribution is 7.71. The molecule has 0 spiro atoms. The Morgan fingerprint density at radius 2 is 2.44 bits per heavy atom. The summed E-state index contributed by atoms with van der Waals surface area (Å²) in [5.41, 5.74) is 0. The van der Waals surface area contributed by atoms with Gasteiger partial charge in [0.1, 0.15) is 0 Å². The van der Waals surface area contributed by atoms with Gasteiger partial charge >= 0.3 is 0 Å². The van der Waals surface area contributed by atoms with E-state index in [1.165, 1.54) is 0 Å². The third kappa shape index (κ3) is 2.04. The molecule has 0 radical (unpaired) electrons. The van der Waals surface area contributed by atoms with Crippen LogP contribution in [0.3, 0.4) is 0 Å². The molecule has 1 aliphatic carbocycles. The maximum Gasteiger partial charge on any atom is 0.195 e. The number of aromatic amines is 1. The zero-order valence-corrected chi connectivity index (χ0v) is 11.8. The predicted octanol–water partition coefficient (Wildman–Crippen LogP) is 3.41. The summed E-state index contributed by atoms with van der Waals surface area (Å²) in [7, 11) is 0. The number of aromatic nitrogens is 3. The number of nitrogens with one attached hydrogen (secondary N) is 1. The monoisotopic (exact) mass is 281 g/mol. The van der Waals surface area contributed by atoms with E-state index in [-0.39, 0.29) is 0 Å². The molecule has 6 heteroatoms. The number of rotatable bonds is 4. The first-order valence-corrected chi connectivity index (χ1v) is 7.40. The van der Waals surface area contributed by atoms with Crippen LogP contribution < -0.4 is 0 Å². The fourth-order valence-electron chi connectivity index (χ4n) is 2.34. The number of nitrogens with zero attached hydrogens (tertiary/aromatic N) is 2. The second-order valence-electron chi connectivity index (χ2n) is 4.40. The van der Waals surface area contributed by atoms with Crippen LogP contribution in [-0.2, 0) is 4.74 Å². The summed E-state index contributed by atoms with van der Waals surface area (Å²) in [5, 5.41) is 9.31. The Bertz CT molecular complexity index is 566. The Morgan fingerprint density at radius 1 is 1.61 bits per heavy atom. The molecule has 0 aromatic carbocycles. The molecule has 18 heavy (non-hydrogen) atoms. The smallest absolute Gasteiger partial charge is 0.195 e. The molecule has 0 unspecified atom stereocenters. The summed E-state index contributed by atoms with van der Waals surface area (Å²) >= 11 is 7.02. The van der Waals surface area contributed by atoms with Gasteiger partial charge in [0.2, 0.25) is 0 Å². The zero-order chi connectivity index (χ0) is 12.5. The van der Waals surface area contributed by atoms with Gasteiger partial charge < -0.3 is 4.74 Å². The topological polar surface area (TPSA) is 42.8 Å². The molecule has 0 aliphatic heterocycles. The fourth-order valence-corrected chi connectivity index (χ4v) is 3.34. The molecule has 4 nitrogen and oxygen atoms in total. The number of thiophene rings is 1. The molecule has 2 aromatic rings. The fraction of sp³-hybridized carbons (Fsp3) is 0.500. The minimum Gasteiger partial charge on any atom is -0.378 e. The molecule has 3 rings (SSSR count). The number of hydrogen-bond acceptors (Lipinski definition) is 4. The molecule has 1 aliphatic rings. The van der Waals surface area contributed by atoms with Gasteiger partial charge in [-0.2, -0.15) is 5.10 Å². The van der Waals surface area contributed by atoms with Crippen LogP contribution >= 0.6 is 23.6 Å². The van der Waals surface area contributed by atoms with E-state index < -0.39 is 0 Å². The summed E-state index contributed by atoms with van der Waals surface area (Å²) in [6, 6.07) is 4.53. The van der Waals surface area contributed by atoms with Crippen molar-refractivity contribution in [3.63, 3.8) is 0 Å². The Hall–Kier alpha value is -0.980. The van der Waals surface area contributed by atoms with Gasteiger partial charge in [-0.3, -0.25) is 9.67 Å². The Balaban J connectivity index is 1.85. The molecule has 0 bridgehead atoms. The Labute approximate surface area is 115 Å². The van der Waals surface area contributed by atoms with Crippen molar-refractivity contribution in [1.82, 2.24) is 14.8 Å². The third-order valence-electron chi connectivity index (χ3n) is 3.28. The van der Waals surface area contributed by atoms with Crippen LogP contribution in [0.4, 0.5) is 0 Å². The quantitative estimate of drug-likeness (QED) is 0.873. The highest BCUT2D eigenvalue weighted by Crippen LogP contribution is 2.37. The van der Waals surface area contributed by atoms with Crippen molar-refractivity contribution < 1.29 is 4.74 Å². The van der Waals surface area contributed by atoms with Crippen molar-refractivity contribution in [3.8, 4) is 10.7 Å². The van der Waals surface area contributed by atoms with Gasteiger partial charge in [0, 0.05) is 12.6 Å². The molecule has 1 saturated carbocycles. The molecule has 2 aromatic heterocycles. The molecule has 1 N–H and O–H groups in total. The standard InChI is InChI=1S/C12H15N3OS2/c1-2-16-9-6-8(7-9)15-11(13-14-12(15)17)10-4-3-5-18-10/h3-5,8-9H,2,6-7H2,1H3,(H,14,17). The van der Waals surface area contributed by atoms with Crippen LogP contribution in [0.1, 0.15) is 25.8 Å². The van der Waals surface area contributed by atoms with E-state index in [4.69, 9.17) is 17.0 Å². The molecule has 96 valence electrons. The van der Waals surface area contributed by atoms with E-state index in [2.05, 4.69) is 26.2 Å². The lowest BCUT2D eigenvalue weighted by molar-refractivity contribution is -0.0196. The first kappa shape index (κ1) is 12.1. The first-order valence-electron chi connectivity index (χ1n) is 6.12. The van der Waals surface area contributed by atoms with Crippen molar-refractivity contribution >= 4 is 23.6 Å². The minimum atomic E-state index is 0.382. The number of ether oxygens (including phenoxy) is 1. The lowest BCUT2D eigenvalue weighted by Gasteiger charge is -2.36. The summed E-state index contributed by atoms with van der Waals surface area (Å²) in [6.07, 6.45) is 2.44. The van der Waals surface area contributed by atoms with E-state index in [9.17, 15) is 0 Å². The van der Waals surface area contributed by atoms with E-state index in [0.29, 0.717) is 16.9 Å². The molecule has 2 heterocycles. The van der Waals surface area contributed by atoms with E-state index in [0.717, 1.165) is 30.2 Å². The van der Waals surface area contributed by atoms with Crippen LogP contribution in [0.15, 0.2) is 17.5 Å². The van der Waals surface area contributed by atoms with Crippen LogP contribution in [0.5, 0.6) is 0 Å². The van der Waals surface area contributed by atoms with Gasteiger partial charge in [-0.15, -0.1) is 11.3 Å². The van der Waals surface area contributed by atoms with Crippen molar-refractivity contribution in [2.75, 3.05) is 6.61 Å². The molecule has 1 fully saturated rings. The maximum absolute atomic E-state index is 5.60. The summed E-state index contributed by atoms with van der Waals surface area (Å²) in [6.45, 7) is 2.82. The summed E-state index contributed by atoms with van der Waals surface area (Å²) in [5.74, 6) is 0.954. The molecule has 0 amide bonds. The summed E-state index contributed by atoms with van der Waals surface area (Å²) < 4.78 is 8.44. The van der Waals surface area contributed by atoms with E-state index >= 15 is 0 Å². The Kier molecular flexibility index (Phi) is 3.32. The normalized spacial score (nSPS) is 22.9. The average Bonchev–Trinajstić information content (AvgIpc) is 2.92. The maximum atomic E-state index is 5.60. The zero-order valence-electron chi connectivity index (χ0n) is 10.1. The first-order chi connectivity index (χ1) is 8.79. The second-order valence-corrected chi connectivity index (χ2v) is 5.74. The van der Waals surface area contributed by atoms with Crippen LogP contribution in [-0.4, -0.2) is 27.5 Å².